The van der Waals surface area contributed by atoms with Gasteiger partial charge in [-0.1, -0.05) is 30.3 Å². The topological polar surface area (TPSA) is 21.3 Å². The summed E-state index contributed by atoms with van der Waals surface area (Å²) < 4.78 is 44.5. The Hall–Kier alpha value is -2.17. The Bertz CT molecular complexity index is 537. The molecule has 0 spiro atoms. The number of ether oxygens (including phenoxy) is 1. The number of nitrogens with one attached hydrogen (secondary N) is 1. The molecule has 0 aliphatic carbocycles. The normalized spacial score (nSPS) is 12.8. The van der Waals surface area contributed by atoms with Crippen molar-refractivity contribution in [2.75, 3.05) is 12.4 Å². The van der Waals surface area contributed by atoms with Crippen molar-refractivity contribution in [3.63, 3.8) is 0 Å². The predicted octanol–water partition coefficient (Wildman–Crippen LogP) is 4.41. The van der Waals surface area contributed by atoms with E-state index < -0.39 is 12.2 Å². The maximum absolute atomic E-state index is 13.2. The fraction of sp³-hybridized carbons (Fsp3) is 0.200. The maximum Gasteiger partial charge on any atom is 0.412 e. The lowest BCUT2D eigenvalue weighted by Gasteiger charge is -2.23. The molecule has 0 bridgehead atoms. The lowest BCUT2D eigenvalue weighted by molar-refractivity contribution is -0.144. The monoisotopic (exact) mass is 281 g/mol. The summed E-state index contributed by atoms with van der Waals surface area (Å²) >= 11 is 0. The molecule has 2 aromatic rings. The van der Waals surface area contributed by atoms with E-state index in [1.807, 2.05) is 0 Å². The zero-order chi connectivity index (χ0) is 14.6. The SMILES string of the molecule is COc1ccc(C(Nc2ccccc2)C(F)(F)F)cc1. The first-order chi connectivity index (χ1) is 9.50. The van der Waals surface area contributed by atoms with Crippen LogP contribution in [0.5, 0.6) is 5.75 Å². The second kappa shape index (κ2) is 5.86. The van der Waals surface area contributed by atoms with Gasteiger partial charge in [0.05, 0.1) is 7.11 Å². The van der Waals surface area contributed by atoms with Crippen LogP contribution in [0.4, 0.5) is 18.9 Å². The fourth-order valence-corrected chi connectivity index (χ4v) is 1.85. The fourth-order valence-electron chi connectivity index (χ4n) is 1.85. The van der Waals surface area contributed by atoms with Crippen LogP contribution < -0.4 is 10.1 Å². The van der Waals surface area contributed by atoms with Crippen LogP contribution in [0.1, 0.15) is 11.6 Å². The van der Waals surface area contributed by atoms with Crippen LogP contribution in [0.25, 0.3) is 0 Å². The molecule has 2 rings (SSSR count). The van der Waals surface area contributed by atoms with Crippen molar-refractivity contribution < 1.29 is 17.9 Å². The molecule has 1 unspecified atom stereocenters. The molecule has 0 aromatic heterocycles. The molecule has 0 saturated carbocycles. The largest absolute Gasteiger partial charge is 0.497 e. The Morgan fingerprint density at radius 2 is 1.55 bits per heavy atom. The molecule has 20 heavy (non-hydrogen) atoms. The minimum atomic E-state index is -4.38. The van der Waals surface area contributed by atoms with E-state index in [0.29, 0.717) is 11.4 Å². The molecule has 0 saturated heterocycles. The number of alkyl halides is 3. The summed E-state index contributed by atoms with van der Waals surface area (Å²) in [7, 11) is 1.47. The van der Waals surface area contributed by atoms with Gasteiger partial charge < -0.3 is 10.1 Å². The van der Waals surface area contributed by atoms with Crippen LogP contribution in [0.15, 0.2) is 54.6 Å². The molecule has 1 atom stereocenters. The predicted molar refractivity (Wildman–Crippen MR) is 71.9 cm³/mol. The van der Waals surface area contributed by atoms with Gasteiger partial charge in [-0.3, -0.25) is 0 Å². The number of benzene rings is 2. The third-order valence-electron chi connectivity index (χ3n) is 2.86. The van der Waals surface area contributed by atoms with Crippen molar-refractivity contribution in [1.82, 2.24) is 0 Å². The summed E-state index contributed by atoms with van der Waals surface area (Å²) in [5.74, 6) is 0.523. The second-order valence-corrected chi connectivity index (χ2v) is 4.26. The van der Waals surface area contributed by atoms with Crippen molar-refractivity contribution >= 4 is 5.69 Å². The summed E-state index contributed by atoms with van der Waals surface area (Å²) in [6, 6.07) is 12.4. The third kappa shape index (κ3) is 3.44. The van der Waals surface area contributed by atoms with Crippen LogP contribution >= 0.6 is 0 Å². The first kappa shape index (κ1) is 14.2. The van der Waals surface area contributed by atoms with E-state index in [0.717, 1.165) is 0 Å². The Morgan fingerprint density at radius 1 is 0.950 bits per heavy atom. The summed E-state index contributed by atoms with van der Waals surface area (Å²) in [5.41, 5.74) is 0.563. The van der Waals surface area contributed by atoms with E-state index in [1.165, 1.54) is 31.4 Å². The zero-order valence-corrected chi connectivity index (χ0v) is 10.8. The first-order valence-corrected chi connectivity index (χ1v) is 6.03. The zero-order valence-electron chi connectivity index (χ0n) is 10.8. The molecule has 0 heterocycles. The van der Waals surface area contributed by atoms with Gasteiger partial charge in [0.1, 0.15) is 11.8 Å². The summed E-state index contributed by atoms with van der Waals surface area (Å²) in [6.45, 7) is 0. The molecule has 2 nitrogen and oxygen atoms in total. The number of hydrogen-bond acceptors (Lipinski definition) is 2. The number of rotatable bonds is 4. The molecule has 0 radical (unpaired) electrons. The van der Waals surface area contributed by atoms with Gasteiger partial charge in [-0.25, -0.2) is 0 Å². The van der Waals surface area contributed by atoms with Gasteiger partial charge in [-0.05, 0) is 29.8 Å². The van der Waals surface area contributed by atoms with Gasteiger partial charge in [0.2, 0.25) is 0 Å². The standard InChI is InChI=1S/C15H14F3NO/c1-20-13-9-7-11(8-10-13)14(15(16,17)18)19-12-5-3-2-4-6-12/h2-10,14,19H,1H3. The highest BCUT2D eigenvalue weighted by Gasteiger charge is 2.40. The third-order valence-corrected chi connectivity index (χ3v) is 2.86. The summed E-state index contributed by atoms with van der Waals surface area (Å²) in [4.78, 5) is 0. The molecule has 5 heteroatoms. The average Bonchev–Trinajstić information content (AvgIpc) is 2.45. The van der Waals surface area contributed by atoms with Crippen LogP contribution in [0.3, 0.4) is 0 Å². The van der Waals surface area contributed by atoms with Gasteiger partial charge in [-0.15, -0.1) is 0 Å². The quantitative estimate of drug-likeness (QED) is 0.896. The molecule has 1 N–H and O–H groups in total. The van der Waals surface area contributed by atoms with E-state index in [9.17, 15) is 13.2 Å². The summed E-state index contributed by atoms with van der Waals surface area (Å²) in [5, 5.41) is 2.51. The van der Waals surface area contributed by atoms with Crippen LogP contribution in [0.2, 0.25) is 0 Å². The lowest BCUT2D eigenvalue weighted by Crippen LogP contribution is -2.27. The number of hydrogen-bond donors (Lipinski definition) is 1. The minimum absolute atomic E-state index is 0.141. The van der Waals surface area contributed by atoms with E-state index in [2.05, 4.69) is 5.32 Å². The molecular formula is C15H14F3NO. The van der Waals surface area contributed by atoms with Crippen molar-refractivity contribution in [3.8, 4) is 5.75 Å². The van der Waals surface area contributed by atoms with E-state index in [1.54, 1.807) is 30.3 Å². The molecule has 0 amide bonds. The van der Waals surface area contributed by atoms with Crippen molar-refractivity contribution in [2.24, 2.45) is 0 Å². The minimum Gasteiger partial charge on any atom is -0.497 e. The van der Waals surface area contributed by atoms with Crippen LogP contribution in [-0.2, 0) is 0 Å². The van der Waals surface area contributed by atoms with Gasteiger partial charge in [-0.2, -0.15) is 13.2 Å². The Kier molecular flexibility index (Phi) is 4.17. The molecule has 2 aromatic carbocycles. The molecule has 0 aliphatic rings. The second-order valence-electron chi connectivity index (χ2n) is 4.26. The lowest BCUT2D eigenvalue weighted by atomic mass is 10.1. The number of halogens is 3. The Morgan fingerprint density at radius 3 is 2.05 bits per heavy atom. The first-order valence-electron chi connectivity index (χ1n) is 6.03. The van der Waals surface area contributed by atoms with Crippen molar-refractivity contribution in [1.29, 1.82) is 0 Å². The van der Waals surface area contributed by atoms with Crippen molar-refractivity contribution in [2.45, 2.75) is 12.2 Å². The highest BCUT2D eigenvalue weighted by Crippen LogP contribution is 2.36. The molecule has 0 fully saturated rings. The van der Waals surface area contributed by atoms with Crippen molar-refractivity contribution in [3.05, 3.63) is 60.2 Å². The molecule has 0 aliphatic heterocycles. The molecular weight excluding hydrogens is 267 g/mol. The summed E-state index contributed by atoms with van der Waals surface area (Å²) in [6.07, 6.45) is -4.38. The molecule has 106 valence electrons. The number of methoxy groups -OCH3 is 1. The van der Waals surface area contributed by atoms with E-state index in [4.69, 9.17) is 4.74 Å². The van der Waals surface area contributed by atoms with E-state index in [-0.39, 0.29) is 5.56 Å². The van der Waals surface area contributed by atoms with Gasteiger partial charge in [0.25, 0.3) is 0 Å². The average molecular weight is 281 g/mol. The number of para-hydroxylation sites is 1. The van der Waals surface area contributed by atoms with Crippen LogP contribution in [0, 0.1) is 0 Å². The van der Waals surface area contributed by atoms with Gasteiger partial charge >= 0.3 is 6.18 Å². The number of anilines is 1. The van der Waals surface area contributed by atoms with Gasteiger partial charge in [0, 0.05) is 5.69 Å². The highest BCUT2D eigenvalue weighted by molar-refractivity contribution is 5.46. The Balaban J connectivity index is 2.28. The highest BCUT2D eigenvalue weighted by atomic mass is 19.4. The smallest absolute Gasteiger partial charge is 0.412 e. The van der Waals surface area contributed by atoms with Gasteiger partial charge in [0.15, 0.2) is 0 Å². The van der Waals surface area contributed by atoms with E-state index >= 15 is 0 Å². The maximum atomic E-state index is 13.2. The Labute approximate surface area is 115 Å². The van der Waals surface area contributed by atoms with Crippen LogP contribution in [-0.4, -0.2) is 13.3 Å².